The highest BCUT2D eigenvalue weighted by molar-refractivity contribution is 6.99. The second-order valence-electron chi connectivity index (χ2n) is 3.31. The maximum Gasteiger partial charge on any atom is 0.276 e. The Morgan fingerprint density at radius 1 is 1.62 bits per heavy atom. The first-order chi connectivity index (χ1) is 7.59. The first kappa shape index (κ1) is 10.7. The molecular weight excluding hydrogens is 232 g/mol. The number of rotatable bonds is 1. The van der Waals surface area contributed by atoms with Crippen LogP contribution in [0.15, 0.2) is 6.20 Å². The lowest BCUT2D eigenvalue weighted by molar-refractivity contribution is -0.138. The van der Waals surface area contributed by atoms with E-state index in [1.54, 1.807) is 6.92 Å². The van der Waals surface area contributed by atoms with E-state index in [0.29, 0.717) is 0 Å². The van der Waals surface area contributed by atoms with Crippen LogP contribution in [-0.2, 0) is 9.59 Å². The van der Waals surface area contributed by atoms with Gasteiger partial charge in [0, 0.05) is 0 Å². The van der Waals surface area contributed by atoms with Crippen LogP contribution in [0.2, 0.25) is 0 Å². The van der Waals surface area contributed by atoms with Gasteiger partial charge in [-0.15, -0.1) is 0 Å². The van der Waals surface area contributed by atoms with Crippen molar-refractivity contribution < 1.29 is 14.4 Å². The summed E-state index contributed by atoms with van der Waals surface area (Å²) in [5.41, 5.74) is 0.152. The molecule has 1 atom stereocenters. The van der Waals surface area contributed by atoms with Crippen LogP contribution in [0.1, 0.15) is 17.4 Å². The minimum Gasteiger partial charge on any atom is -0.316 e. The van der Waals surface area contributed by atoms with Crippen molar-refractivity contribution in [1.29, 1.82) is 0 Å². The van der Waals surface area contributed by atoms with Crippen LogP contribution in [0.5, 0.6) is 0 Å². The summed E-state index contributed by atoms with van der Waals surface area (Å²) in [6.45, 7) is 1.42. The number of carbonyl (C=O) groups excluding carboxylic acids is 3. The molecule has 1 aliphatic heterocycles. The van der Waals surface area contributed by atoms with E-state index < -0.39 is 23.8 Å². The van der Waals surface area contributed by atoms with E-state index in [0.717, 1.165) is 11.7 Å². The lowest BCUT2D eigenvalue weighted by atomic mass is 10.2. The summed E-state index contributed by atoms with van der Waals surface area (Å²) in [5, 5.41) is 2.15. The summed E-state index contributed by atoms with van der Waals surface area (Å²) >= 11 is 0.902. The molecule has 1 N–H and O–H groups in total. The van der Waals surface area contributed by atoms with Gasteiger partial charge < -0.3 is 4.90 Å². The second kappa shape index (κ2) is 3.97. The summed E-state index contributed by atoms with van der Waals surface area (Å²) in [6, 6.07) is -0.674. The Labute approximate surface area is 94.8 Å². The normalized spacial score (nSPS) is 20.8. The number of imide groups is 1. The molecule has 0 aliphatic carbocycles. The summed E-state index contributed by atoms with van der Waals surface area (Å²) in [6.07, 6.45) is 1.32. The number of piperazine rings is 1. The van der Waals surface area contributed by atoms with Crippen LogP contribution < -0.4 is 5.32 Å². The number of hydrogen-bond donors (Lipinski definition) is 1. The fraction of sp³-hybridized carbons (Fsp3) is 0.375. The molecule has 7 nitrogen and oxygen atoms in total. The van der Waals surface area contributed by atoms with E-state index in [9.17, 15) is 14.4 Å². The predicted octanol–water partition coefficient (Wildman–Crippen LogP) is -0.975. The van der Waals surface area contributed by atoms with Crippen molar-refractivity contribution in [2.45, 2.75) is 13.0 Å². The van der Waals surface area contributed by atoms with E-state index in [4.69, 9.17) is 0 Å². The summed E-state index contributed by atoms with van der Waals surface area (Å²) in [5.74, 6) is -1.42. The standard InChI is InChI=1S/C8H8N4O3S/c1-4-7(14)10-6(13)3-12(4)8(15)5-2-9-16-11-5/h2,4H,3H2,1H3,(H,10,13,14). The van der Waals surface area contributed by atoms with Gasteiger partial charge in [0.05, 0.1) is 17.9 Å². The van der Waals surface area contributed by atoms with Crippen molar-refractivity contribution in [3.8, 4) is 0 Å². The van der Waals surface area contributed by atoms with Crippen molar-refractivity contribution in [3.63, 3.8) is 0 Å². The number of hydrogen-bond acceptors (Lipinski definition) is 6. The third-order valence-electron chi connectivity index (χ3n) is 2.26. The average molecular weight is 240 g/mol. The van der Waals surface area contributed by atoms with Crippen LogP contribution in [0.4, 0.5) is 0 Å². The van der Waals surface area contributed by atoms with Gasteiger partial charge in [-0.2, -0.15) is 8.75 Å². The molecule has 8 heteroatoms. The smallest absolute Gasteiger partial charge is 0.276 e. The highest BCUT2D eigenvalue weighted by Gasteiger charge is 2.34. The number of aromatic nitrogens is 2. The molecule has 1 unspecified atom stereocenters. The van der Waals surface area contributed by atoms with Crippen LogP contribution in [0.25, 0.3) is 0 Å². The molecule has 1 aromatic rings. The molecule has 16 heavy (non-hydrogen) atoms. The number of nitrogens with zero attached hydrogens (tertiary/aromatic N) is 3. The number of amides is 3. The lowest BCUT2D eigenvalue weighted by Gasteiger charge is -2.30. The van der Waals surface area contributed by atoms with Gasteiger partial charge in [-0.25, -0.2) is 0 Å². The third kappa shape index (κ3) is 1.78. The monoisotopic (exact) mass is 240 g/mol. The molecule has 2 rings (SSSR count). The molecular formula is C8H8N4O3S. The van der Waals surface area contributed by atoms with E-state index in [1.165, 1.54) is 11.1 Å². The summed E-state index contributed by atoms with van der Waals surface area (Å²) in [7, 11) is 0. The molecule has 1 aromatic heterocycles. The van der Waals surface area contributed by atoms with Crippen molar-refractivity contribution in [2.24, 2.45) is 0 Å². The Balaban J connectivity index is 2.23. The van der Waals surface area contributed by atoms with E-state index in [1.807, 2.05) is 0 Å². The molecule has 0 bridgehead atoms. The van der Waals surface area contributed by atoms with Gasteiger partial charge in [0.25, 0.3) is 5.91 Å². The Hall–Kier alpha value is -1.83. The Kier molecular flexibility index (Phi) is 2.65. The van der Waals surface area contributed by atoms with Gasteiger partial charge in [0.1, 0.15) is 12.6 Å². The molecule has 0 radical (unpaired) electrons. The minimum atomic E-state index is -0.674. The molecule has 84 valence electrons. The van der Waals surface area contributed by atoms with E-state index in [-0.39, 0.29) is 12.2 Å². The quantitative estimate of drug-likeness (QED) is 0.637. The highest BCUT2D eigenvalue weighted by Crippen LogP contribution is 2.09. The first-order valence-corrected chi connectivity index (χ1v) is 5.25. The van der Waals surface area contributed by atoms with Crippen LogP contribution in [0.3, 0.4) is 0 Å². The van der Waals surface area contributed by atoms with Gasteiger partial charge in [0.15, 0.2) is 5.69 Å². The molecule has 2 heterocycles. The zero-order valence-corrected chi connectivity index (χ0v) is 9.15. The van der Waals surface area contributed by atoms with Crippen molar-refractivity contribution >= 4 is 29.4 Å². The molecule has 0 aromatic carbocycles. The number of carbonyl (C=O) groups is 3. The maximum atomic E-state index is 11.9. The zero-order valence-electron chi connectivity index (χ0n) is 8.34. The fourth-order valence-corrected chi connectivity index (χ4v) is 1.78. The van der Waals surface area contributed by atoms with E-state index >= 15 is 0 Å². The largest absolute Gasteiger partial charge is 0.316 e. The van der Waals surface area contributed by atoms with Gasteiger partial charge in [-0.1, -0.05) is 0 Å². The minimum absolute atomic E-state index is 0.136. The molecule has 3 amide bonds. The van der Waals surface area contributed by atoms with Crippen molar-refractivity contribution in [1.82, 2.24) is 19.0 Å². The van der Waals surface area contributed by atoms with Crippen molar-refractivity contribution in [2.75, 3.05) is 6.54 Å². The average Bonchev–Trinajstić information content (AvgIpc) is 2.75. The highest BCUT2D eigenvalue weighted by atomic mass is 32.1. The maximum absolute atomic E-state index is 11.9. The van der Waals surface area contributed by atoms with Crippen LogP contribution >= 0.6 is 11.7 Å². The van der Waals surface area contributed by atoms with Gasteiger partial charge >= 0.3 is 0 Å². The number of nitrogens with one attached hydrogen (secondary N) is 1. The molecule has 0 saturated carbocycles. The zero-order chi connectivity index (χ0) is 11.7. The SMILES string of the molecule is CC1C(=O)NC(=O)CN1C(=O)c1cnsn1. The summed E-state index contributed by atoms with van der Waals surface area (Å²) in [4.78, 5) is 35.5. The molecule has 1 aliphatic rings. The fourth-order valence-electron chi connectivity index (χ4n) is 1.37. The molecule has 1 saturated heterocycles. The Bertz CT molecular complexity index is 444. The topological polar surface area (TPSA) is 92.3 Å². The van der Waals surface area contributed by atoms with Gasteiger partial charge in [0.2, 0.25) is 11.8 Å². The van der Waals surface area contributed by atoms with Crippen LogP contribution in [0, 0.1) is 0 Å². The lowest BCUT2D eigenvalue weighted by Crippen LogP contribution is -2.58. The summed E-state index contributed by atoms with van der Waals surface area (Å²) < 4.78 is 7.47. The third-order valence-corrected chi connectivity index (χ3v) is 2.74. The second-order valence-corrected chi connectivity index (χ2v) is 3.87. The van der Waals surface area contributed by atoms with E-state index in [2.05, 4.69) is 14.1 Å². The predicted molar refractivity (Wildman–Crippen MR) is 53.6 cm³/mol. The molecule has 0 spiro atoms. The first-order valence-electron chi connectivity index (χ1n) is 4.52. The molecule has 1 fully saturated rings. The van der Waals surface area contributed by atoms with Crippen LogP contribution in [-0.4, -0.2) is 44.0 Å². The van der Waals surface area contributed by atoms with Crippen molar-refractivity contribution in [3.05, 3.63) is 11.9 Å². The van der Waals surface area contributed by atoms with Gasteiger partial charge in [-0.3, -0.25) is 19.7 Å². The van der Waals surface area contributed by atoms with Gasteiger partial charge in [-0.05, 0) is 6.92 Å². The Morgan fingerprint density at radius 2 is 2.38 bits per heavy atom. The Morgan fingerprint density at radius 3 is 3.00 bits per heavy atom.